The number of methoxy groups -OCH3 is 2. The topological polar surface area (TPSA) is 59.0 Å². The van der Waals surface area contributed by atoms with Gasteiger partial charge in [-0.3, -0.25) is 9.69 Å². The molecule has 21 heavy (non-hydrogen) atoms. The zero-order valence-electron chi connectivity index (χ0n) is 12.8. The Morgan fingerprint density at radius 3 is 2.76 bits per heavy atom. The molecule has 2 rings (SSSR count). The Morgan fingerprint density at radius 1 is 1.38 bits per heavy atom. The van der Waals surface area contributed by atoms with E-state index in [2.05, 4.69) is 11.8 Å². The minimum atomic E-state index is -0.704. The maximum Gasteiger partial charge on any atom is 0.307 e. The van der Waals surface area contributed by atoms with Crippen LogP contribution in [0, 0.1) is 5.92 Å². The molecule has 2 atom stereocenters. The van der Waals surface area contributed by atoms with Gasteiger partial charge in [-0.2, -0.15) is 0 Å². The summed E-state index contributed by atoms with van der Waals surface area (Å²) in [5.41, 5.74) is 1.03. The highest BCUT2D eigenvalue weighted by Gasteiger charge is 2.30. The van der Waals surface area contributed by atoms with Gasteiger partial charge in [0.1, 0.15) is 0 Å². The summed E-state index contributed by atoms with van der Waals surface area (Å²) in [6.07, 6.45) is 1.67. The molecule has 5 nitrogen and oxygen atoms in total. The molecule has 1 saturated heterocycles. The molecular weight excluding hydrogens is 270 g/mol. The van der Waals surface area contributed by atoms with Crippen molar-refractivity contribution < 1.29 is 19.4 Å². The SMILES string of the molecule is COc1cccc(C(C)N2CCCC(C(=O)O)C2)c1OC. The van der Waals surface area contributed by atoms with Gasteiger partial charge in [0.2, 0.25) is 0 Å². The maximum absolute atomic E-state index is 11.2. The first-order valence-electron chi connectivity index (χ1n) is 7.26. The van der Waals surface area contributed by atoms with E-state index in [0.29, 0.717) is 12.3 Å². The second-order valence-electron chi connectivity index (χ2n) is 5.43. The van der Waals surface area contributed by atoms with Crippen LogP contribution < -0.4 is 9.47 Å². The molecule has 1 aromatic carbocycles. The zero-order chi connectivity index (χ0) is 15.4. The summed E-state index contributed by atoms with van der Waals surface area (Å²) in [7, 11) is 3.25. The van der Waals surface area contributed by atoms with E-state index in [1.165, 1.54) is 0 Å². The van der Waals surface area contributed by atoms with Gasteiger partial charge >= 0.3 is 5.97 Å². The second-order valence-corrected chi connectivity index (χ2v) is 5.43. The number of rotatable bonds is 5. The molecule has 5 heteroatoms. The predicted molar refractivity (Wildman–Crippen MR) is 79.9 cm³/mol. The van der Waals surface area contributed by atoms with Crippen molar-refractivity contribution in [2.45, 2.75) is 25.8 Å². The van der Waals surface area contributed by atoms with Crippen molar-refractivity contribution in [1.29, 1.82) is 0 Å². The Balaban J connectivity index is 2.23. The summed E-state index contributed by atoms with van der Waals surface area (Å²) in [6.45, 7) is 3.57. The van der Waals surface area contributed by atoms with Crippen molar-refractivity contribution in [3.05, 3.63) is 23.8 Å². The van der Waals surface area contributed by atoms with E-state index in [0.717, 1.165) is 30.7 Å². The lowest BCUT2D eigenvalue weighted by Gasteiger charge is -2.36. The smallest absolute Gasteiger partial charge is 0.307 e. The molecule has 0 aliphatic carbocycles. The van der Waals surface area contributed by atoms with Crippen LogP contribution in [0.2, 0.25) is 0 Å². The van der Waals surface area contributed by atoms with E-state index in [1.807, 2.05) is 18.2 Å². The molecule has 1 aliphatic heterocycles. The number of nitrogens with zero attached hydrogens (tertiary/aromatic N) is 1. The van der Waals surface area contributed by atoms with Gasteiger partial charge in [-0.25, -0.2) is 0 Å². The number of aliphatic carboxylic acids is 1. The molecule has 0 bridgehead atoms. The fraction of sp³-hybridized carbons (Fsp3) is 0.562. The first-order chi connectivity index (χ1) is 10.1. The van der Waals surface area contributed by atoms with Crippen molar-refractivity contribution in [2.24, 2.45) is 5.92 Å². The van der Waals surface area contributed by atoms with Crippen molar-refractivity contribution in [3.8, 4) is 11.5 Å². The quantitative estimate of drug-likeness (QED) is 0.904. The third-order valence-corrected chi connectivity index (χ3v) is 4.23. The van der Waals surface area contributed by atoms with Gasteiger partial charge in [-0.1, -0.05) is 12.1 Å². The third-order valence-electron chi connectivity index (χ3n) is 4.23. The van der Waals surface area contributed by atoms with Crippen LogP contribution >= 0.6 is 0 Å². The van der Waals surface area contributed by atoms with Crippen LogP contribution in [-0.2, 0) is 4.79 Å². The number of ether oxygens (including phenoxy) is 2. The van der Waals surface area contributed by atoms with E-state index >= 15 is 0 Å². The molecule has 0 aromatic heterocycles. The molecule has 116 valence electrons. The van der Waals surface area contributed by atoms with Crippen molar-refractivity contribution in [1.82, 2.24) is 4.90 Å². The van der Waals surface area contributed by atoms with Gasteiger partial charge in [-0.15, -0.1) is 0 Å². The minimum absolute atomic E-state index is 0.0946. The van der Waals surface area contributed by atoms with Crippen LogP contribution in [0.1, 0.15) is 31.4 Å². The Kier molecular flexibility index (Phi) is 5.07. The summed E-state index contributed by atoms with van der Waals surface area (Å²) >= 11 is 0. The highest BCUT2D eigenvalue weighted by atomic mass is 16.5. The van der Waals surface area contributed by atoms with Crippen molar-refractivity contribution >= 4 is 5.97 Å². The molecule has 1 N–H and O–H groups in total. The molecule has 1 aliphatic rings. The highest BCUT2D eigenvalue weighted by molar-refractivity contribution is 5.70. The molecule has 0 saturated carbocycles. The molecule has 0 spiro atoms. The third kappa shape index (κ3) is 3.29. The van der Waals surface area contributed by atoms with Gasteiger partial charge < -0.3 is 14.6 Å². The normalized spacial score (nSPS) is 20.8. The number of para-hydroxylation sites is 1. The lowest BCUT2D eigenvalue weighted by atomic mass is 9.95. The van der Waals surface area contributed by atoms with Crippen LogP contribution in [0.3, 0.4) is 0 Å². The summed E-state index contributed by atoms with van der Waals surface area (Å²) in [5.74, 6) is 0.445. The largest absolute Gasteiger partial charge is 0.493 e. The molecular formula is C16H23NO4. The first-order valence-corrected chi connectivity index (χ1v) is 7.26. The van der Waals surface area contributed by atoms with E-state index in [-0.39, 0.29) is 12.0 Å². The first kappa shape index (κ1) is 15.6. The van der Waals surface area contributed by atoms with E-state index in [9.17, 15) is 9.90 Å². The molecule has 1 fully saturated rings. The number of hydrogen-bond donors (Lipinski definition) is 1. The molecule has 1 heterocycles. The standard InChI is InChI=1S/C16H23NO4/c1-11(17-9-5-6-12(10-17)16(18)19)13-7-4-8-14(20-2)15(13)21-3/h4,7-8,11-12H,5-6,9-10H2,1-3H3,(H,18,19). The maximum atomic E-state index is 11.2. The highest BCUT2D eigenvalue weighted by Crippen LogP contribution is 2.37. The minimum Gasteiger partial charge on any atom is -0.493 e. The number of piperidine rings is 1. The summed E-state index contributed by atoms with van der Waals surface area (Å²) in [4.78, 5) is 13.4. The van der Waals surface area contributed by atoms with Crippen molar-refractivity contribution in [2.75, 3.05) is 27.3 Å². The monoisotopic (exact) mass is 293 g/mol. The van der Waals surface area contributed by atoms with Crippen LogP contribution in [0.5, 0.6) is 11.5 Å². The van der Waals surface area contributed by atoms with Gasteiger partial charge in [0.15, 0.2) is 11.5 Å². The predicted octanol–water partition coefficient (Wildman–Crippen LogP) is 2.56. The average molecular weight is 293 g/mol. The fourth-order valence-electron chi connectivity index (χ4n) is 3.00. The summed E-state index contributed by atoms with van der Waals surface area (Å²) in [6, 6.07) is 5.91. The van der Waals surface area contributed by atoms with Gasteiger partial charge in [-0.05, 0) is 32.4 Å². The number of carboxylic acid groups (broad SMARTS) is 1. The number of likely N-dealkylation sites (tertiary alicyclic amines) is 1. The van der Waals surface area contributed by atoms with Gasteiger partial charge in [0.25, 0.3) is 0 Å². The van der Waals surface area contributed by atoms with E-state index < -0.39 is 5.97 Å². The fourth-order valence-corrected chi connectivity index (χ4v) is 3.00. The van der Waals surface area contributed by atoms with Crippen LogP contribution in [0.15, 0.2) is 18.2 Å². The lowest BCUT2D eigenvalue weighted by molar-refractivity contribution is -0.143. The lowest BCUT2D eigenvalue weighted by Crippen LogP contribution is -2.40. The number of carboxylic acids is 1. The molecule has 2 unspecified atom stereocenters. The summed E-state index contributed by atoms with van der Waals surface area (Å²) in [5, 5.41) is 9.22. The van der Waals surface area contributed by atoms with Crippen LogP contribution in [0.25, 0.3) is 0 Å². The van der Waals surface area contributed by atoms with E-state index in [1.54, 1.807) is 14.2 Å². The van der Waals surface area contributed by atoms with Crippen molar-refractivity contribution in [3.63, 3.8) is 0 Å². The van der Waals surface area contributed by atoms with Crippen LogP contribution in [-0.4, -0.2) is 43.3 Å². The van der Waals surface area contributed by atoms with Gasteiger partial charge in [0, 0.05) is 18.2 Å². The number of carbonyl (C=O) groups is 1. The molecule has 0 amide bonds. The van der Waals surface area contributed by atoms with Crippen LogP contribution in [0.4, 0.5) is 0 Å². The van der Waals surface area contributed by atoms with Gasteiger partial charge in [0.05, 0.1) is 20.1 Å². The zero-order valence-corrected chi connectivity index (χ0v) is 12.8. The molecule has 0 radical (unpaired) electrons. The Bertz CT molecular complexity index is 503. The number of hydrogen-bond acceptors (Lipinski definition) is 4. The second kappa shape index (κ2) is 6.80. The van der Waals surface area contributed by atoms with E-state index in [4.69, 9.17) is 9.47 Å². The Labute approximate surface area is 125 Å². The average Bonchev–Trinajstić information content (AvgIpc) is 2.53. The molecule has 1 aromatic rings. The Hall–Kier alpha value is -1.75. The summed E-state index contributed by atoms with van der Waals surface area (Å²) < 4.78 is 10.8. The number of benzene rings is 1. The Morgan fingerprint density at radius 2 is 2.14 bits per heavy atom.